The molecule has 1 aromatic heterocycles. The molecule has 2 aromatic rings. The molecule has 0 aliphatic rings. The first-order valence-corrected chi connectivity index (χ1v) is 4.90. The van der Waals surface area contributed by atoms with Crippen molar-refractivity contribution in [2.45, 2.75) is 0 Å². The van der Waals surface area contributed by atoms with Crippen LogP contribution in [0, 0.1) is 0 Å². The zero-order valence-electron chi connectivity index (χ0n) is 5.91. The van der Waals surface area contributed by atoms with Crippen molar-refractivity contribution in [1.82, 2.24) is 0 Å². The molecule has 12 heavy (non-hydrogen) atoms. The van der Waals surface area contributed by atoms with E-state index in [2.05, 4.69) is 15.9 Å². The number of thiophene rings is 1. The molecule has 0 spiro atoms. The summed E-state index contributed by atoms with van der Waals surface area (Å²) in [4.78, 5) is 0. The molecule has 2 N–H and O–H groups in total. The third-order valence-electron chi connectivity index (χ3n) is 1.62. The van der Waals surface area contributed by atoms with Crippen LogP contribution in [-0.4, -0.2) is 10.2 Å². The van der Waals surface area contributed by atoms with Gasteiger partial charge in [0.25, 0.3) is 0 Å². The van der Waals surface area contributed by atoms with Gasteiger partial charge in [-0.1, -0.05) is 17.4 Å². The van der Waals surface area contributed by atoms with E-state index in [9.17, 15) is 10.2 Å². The molecule has 0 saturated carbocycles. The normalized spacial score (nSPS) is 10.8. The smallest absolute Gasteiger partial charge is 0.187 e. The van der Waals surface area contributed by atoms with Gasteiger partial charge < -0.3 is 10.2 Å². The van der Waals surface area contributed by atoms with E-state index in [-0.39, 0.29) is 10.8 Å². The van der Waals surface area contributed by atoms with Crippen LogP contribution in [0.4, 0.5) is 0 Å². The van der Waals surface area contributed by atoms with E-state index >= 15 is 0 Å². The first-order chi connectivity index (χ1) is 5.70. The highest BCUT2D eigenvalue weighted by Crippen LogP contribution is 2.44. The summed E-state index contributed by atoms with van der Waals surface area (Å²) >= 11 is 4.44. The van der Waals surface area contributed by atoms with Crippen molar-refractivity contribution in [2.24, 2.45) is 0 Å². The van der Waals surface area contributed by atoms with E-state index in [1.807, 2.05) is 6.07 Å². The van der Waals surface area contributed by atoms with Gasteiger partial charge in [0.1, 0.15) is 5.75 Å². The van der Waals surface area contributed by atoms with Crippen LogP contribution in [-0.2, 0) is 0 Å². The number of phenolic OH excluding ortho intramolecular Hbond substituents is 1. The molecule has 0 unspecified atom stereocenters. The maximum absolute atomic E-state index is 9.43. The lowest BCUT2D eigenvalue weighted by Crippen LogP contribution is -1.66. The second-order valence-corrected chi connectivity index (χ2v) is 4.20. The predicted molar refractivity (Wildman–Crippen MR) is 52.9 cm³/mol. The van der Waals surface area contributed by atoms with E-state index in [0.29, 0.717) is 9.86 Å². The lowest BCUT2D eigenvalue weighted by molar-refractivity contribution is 0.478. The van der Waals surface area contributed by atoms with Crippen LogP contribution >= 0.6 is 27.3 Å². The molecule has 0 bridgehead atoms. The Labute approximate surface area is 81.2 Å². The molecule has 4 heteroatoms. The Morgan fingerprint density at radius 2 is 2.00 bits per heavy atom. The van der Waals surface area contributed by atoms with Crippen molar-refractivity contribution in [3.05, 3.63) is 22.7 Å². The number of benzene rings is 1. The van der Waals surface area contributed by atoms with Crippen molar-refractivity contribution in [2.75, 3.05) is 0 Å². The highest BCUT2D eigenvalue weighted by molar-refractivity contribution is 9.10. The number of fused-ring (bicyclic) bond motifs is 1. The minimum absolute atomic E-state index is 0.191. The first kappa shape index (κ1) is 7.89. The number of rotatable bonds is 0. The van der Waals surface area contributed by atoms with Crippen LogP contribution in [0.25, 0.3) is 10.1 Å². The second kappa shape index (κ2) is 2.64. The fraction of sp³-hybridized carbons (Fsp3) is 0. The maximum atomic E-state index is 9.43. The topological polar surface area (TPSA) is 40.5 Å². The van der Waals surface area contributed by atoms with E-state index < -0.39 is 0 Å². The van der Waals surface area contributed by atoms with Crippen molar-refractivity contribution in [3.8, 4) is 10.8 Å². The molecule has 0 atom stereocenters. The summed E-state index contributed by atoms with van der Waals surface area (Å²) in [5, 5.41) is 19.6. The highest BCUT2D eigenvalue weighted by atomic mass is 79.9. The lowest BCUT2D eigenvalue weighted by atomic mass is 10.2. The zero-order valence-corrected chi connectivity index (χ0v) is 8.32. The van der Waals surface area contributed by atoms with Gasteiger partial charge in [-0.15, -0.1) is 0 Å². The Morgan fingerprint density at radius 1 is 1.25 bits per heavy atom. The fourth-order valence-electron chi connectivity index (χ4n) is 1.08. The van der Waals surface area contributed by atoms with Gasteiger partial charge in [-0.25, -0.2) is 0 Å². The van der Waals surface area contributed by atoms with Crippen LogP contribution in [0.2, 0.25) is 0 Å². The summed E-state index contributed by atoms with van der Waals surface area (Å²) in [6.45, 7) is 0. The van der Waals surface area contributed by atoms with E-state index in [4.69, 9.17) is 0 Å². The van der Waals surface area contributed by atoms with Crippen LogP contribution < -0.4 is 0 Å². The van der Waals surface area contributed by atoms with Gasteiger partial charge >= 0.3 is 0 Å². The maximum Gasteiger partial charge on any atom is 0.187 e. The monoisotopic (exact) mass is 244 g/mol. The summed E-state index contributed by atoms with van der Waals surface area (Å²) in [6.07, 6.45) is 0. The van der Waals surface area contributed by atoms with Gasteiger partial charge in [0.05, 0.1) is 9.86 Å². The number of hydrogen-bond acceptors (Lipinski definition) is 3. The summed E-state index contributed by atoms with van der Waals surface area (Å²) in [5.41, 5.74) is 0. The van der Waals surface area contributed by atoms with E-state index in [0.717, 1.165) is 4.70 Å². The molecule has 0 amide bonds. The quantitative estimate of drug-likeness (QED) is 0.748. The Kier molecular flexibility index (Phi) is 1.73. The highest BCUT2D eigenvalue weighted by Gasteiger charge is 2.11. The van der Waals surface area contributed by atoms with Crippen LogP contribution in [0.1, 0.15) is 0 Å². The average Bonchev–Trinajstić information content (AvgIpc) is 2.29. The number of phenols is 1. The number of halogens is 1. The molecule has 1 aromatic carbocycles. The Balaban J connectivity index is 2.97. The van der Waals surface area contributed by atoms with Crippen molar-refractivity contribution in [1.29, 1.82) is 0 Å². The van der Waals surface area contributed by atoms with Gasteiger partial charge in [0.2, 0.25) is 0 Å². The Morgan fingerprint density at radius 3 is 2.67 bits per heavy atom. The number of aromatic hydroxyl groups is 2. The van der Waals surface area contributed by atoms with Crippen molar-refractivity contribution >= 4 is 37.4 Å². The third-order valence-corrected chi connectivity index (χ3v) is 3.61. The molecule has 0 saturated heterocycles. The van der Waals surface area contributed by atoms with E-state index in [1.54, 1.807) is 12.1 Å². The minimum atomic E-state index is 0.191. The van der Waals surface area contributed by atoms with Gasteiger partial charge in [0, 0.05) is 4.70 Å². The van der Waals surface area contributed by atoms with Gasteiger partial charge in [-0.3, -0.25) is 0 Å². The molecule has 0 radical (unpaired) electrons. The molecule has 2 rings (SSSR count). The van der Waals surface area contributed by atoms with Crippen LogP contribution in [0.5, 0.6) is 10.8 Å². The molecule has 62 valence electrons. The molecular weight excluding hydrogens is 240 g/mol. The van der Waals surface area contributed by atoms with Gasteiger partial charge in [-0.05, 0) is 28.1 Å². The minimum Gasteiger partial charge on any atom is -0.507 e. The second-order valence-electron chi connectivity index (χ2n) is 2.37. The van der Waals surface area contributed by atoms with Gasteiger partial charge in [0.15, 0.2) is 5.06 Å². The average molecular weight is 245 g/mol. The summed E-state index contributed by atoms with van der Waals surface area (Å²) < 4.78 is 1.44. The van der Waals surface area contributed by atoms with Crippen LogP contribution in [0.3, 0.4) is 0 Å². The Hall–Kier alpha value is -0.740. The zero-order chi connectivity index (χ0) is 8.72. The standard InChI is InChI=1S/C8H5BrO2S/c9-7-6-4(10)2-1-3-5(6)12-8(7)11/h1-3,10-11H. The number of hydrogen-bond donors (Lipinski definition) is 2. The van der Waals surface area contributed by atoms with Crippen molar-refractivity contribution < 1.29 is 10.2 Å². The van der Waals surface area contributed by atoms with Crippen molar-refractivity contribution in [3.63, 3.8) is 0 Å². The molecule has 1 heterocycles. The Bertz CT molecular complexity index is 436. The summed E-state index contributed by atoms with van der Waals surface area (Å²) in [5.74, 6) is 0.191. The molecule has 0 fully saturated rings. The van der Waals surface area contributed by atoms with E-state index in [1.165, 1.54) is 11.3 Å². The largest absolute Gasteiger partial charge is 0.507 e. The predicted octanol–water partition coefficient (Wildman–Crippen LogP) is 3.08. The first-order valence-electron chi connectivity index (χ1n) is 3.29. The summed E-state index contributed by atoms with van der Waals surface area (Å²) in [7, 11) is 0. The SMILES string of the molecule is Oc1sc2cccc(O)c2c1Br. The molecule has 0 aliphatic carbocycles. The van der Waals surface area contributed by atoms with Crippen LogP contribution in [0.15, 0.2) is 22.7 Å². The lowest BCUT2D eigenvalue weighted by Gasteiger charge is -1.93. The third kappa shape index (κ3) is 0.990. The molecule has 2 nitrogen and oxygen atoms in total. The fourth-order valence-corrected chi connectivity index (χ4v) is 2.73. The summed E-state index contributed by atoms with van der Waals surface area (Å²) in [6, 6.07) is 5.20. The van der Waals surface area contributed by atoms with Gasteiger partial charge in [-0.2, -0.15) is 0 Å². The molecule has 0 aliphatic heterocycles. The molecular formula is C8H5BrO2S.